The van der Waals surface area contributed by atoms with Gasteiger partial charge >= 0.3 is 11.9 Å². The molecule has 0 aliphatic rings. The lowest BCUT2D eigenvalue weighted by atomic mass is 9.84. The Labute approximate surface area is 192 Å². The molecular formula is C24H30O9. The van der Waals surface area contributed by atoms with Crippen molar-refractivity contribution >= 4 is 24.5 Å². The number of benzene rings is 2. The van der Waals surface area contributed by atoms with Crippen molar-refractivity contribution in [3.63, 3.8) is 0 Å². The van der Waals surface area contributed by atoms with Crippen LogP contribution in [0, 0.1) is 5.92 Å². The smallest absolute Gasteiger partial charge is 0.313 e. The summed E-state index contributed by atoms with van der Waals surface area (Å²) in [5.74, 6) is -1.14. The van der Waals surface area contributed by atoms with Crippen molar-refractivity contribution < 1.29 is 44.0 Å². The summed E-state index contributed by atoms with van der Waals surface area (Å²) in [6.07, 6.45) is 1.39. The van der Waals surface area contributed by atoms with E-state index >= 15 is 0 Å². The summed E-state index contributed by atoms with van der Waals surface area (Å²) in [7, 11) is 2.88. The molecule has 0 radical (unpaired) electrons. The molecule has 0 saturated carbocycles. The number of rotatable bonds is 7. The molecule has 3 N–H and O–H groups in total. The minimum absolute atomic E-state index is 0.0399. The van der Waals surface area contributed by atoms with E-state index in [2.05, 4.69) is 0 Å². The van der Waals surface area contributed by atoms with Gasteiger partial charge in [0.1, 0.15) is 18.3 Å². The predicted octanol–water partition coefficient (Wildman–Crippen LogP) is 3.81. The highest BCUT2D eigenvalue weighted by atomic mass is 16.5. The maximum Gasteiger partial charge on any atom is 0.313 e. The van der Waals surface area contributed by atoms with Crippen LogP contribution in [-0.2, 0) is 15.0 Å². The Morgan fingerprint density at radius 2 is 1.30 bits per heavy atom. The highest BCUT2D eigenvalue weighted by molar-refractivity contribution is 5.83. The van der Waals surface area contributed by atoms with Gasteiger partial charge in [-0.05, 0) is 38.1 Å². The van der Waals surface area contributed by atoms with Gasteiger partial charge in [-0.1, -0.05) is 26.0 Å². The highest BCUT2D eigenvalue weighted by Crippen LogP contribution is 2.32. The standard InChI is InChI=1S/C12H14O4.C8H8O3.C4H8O2/c1-12(2,11(14)15)9-5-4-8(7-13)6-10(9)16-3;1-11-8-4-6(5-9)2-3-7(8)10;1-3(2)4(5)6/h4-7H,1-3H3,(H,14,15);2-5,10H,1H3;3H,1-2H3,(H,5,6). The summed E-state index contributed by atoms with van der Waals surface area (Å²) in [4.78, 5) is 41.7. The van der Waals surface area contributed by atoms with Gasteiger partial charge in [-0.25, -0.2) is 0 Å². The van der Waals surface area contributed by atoms with E-state index in [0.717, 1.165) is 0 Å². The van der Waals surface area contributed by atoms with Crippen molar-refractivity contribution in [2.24, 2.45) is 5.92 Å². The molecule has 0 amide bonds. The number of aromatic hydroxyl groups is 1. The number of carbonyl (C=O) groups is 4. The zero-order valence-electron chi connectivity index (χ0n) is 19.5. The summed E-state index contributed by atoms with van der Waals surface area (Å²) in [6.45, 7) is 6.46. The zero-order chi connectivity index (χ0) is 25.8. The molecule has 0 atom stereocenters. The molecule has 0 unspecified atom stereocenters. The molecule has 0 aromatic heterocycles. The van der Waals surface area contributed by atoms with Crippen LogP contribution in [0.4, 0.5) is 0 Å². The van der Waals surface area contributed by atoms with Crippen molar-refractivity contribution in [3.05, 3.63) is 53.1 Å². The molecule has 0 bridgehead atoms. The number of methoxy groups -OCH3 is 2. The van der Waals surface area contributed by atoms with Crippen molar-refractivity contribution in [2.45, 2.75) is 33.1 Å². The van der Waals surface area contributed by atoms with Gasteiger partial charge in [0.25, 0.3) is 0 Å². The predicted molar refractivity (Wildman–Crippen MR) is 122 cm³/mol. The van der Waals surface area contributed by atoms with Crippen LogP contribution in [0.2, 0.25) is 0 Å². The van der Waals surface area contributed by atoms with E-state index in [4.69, 9.17) is 24.8 Å². The highest BCUT2D eigenvalue weighted by Gasteiger charge is 2.32. The fourth-order valence-corrected chi connectivity index (χ4v) is 2.18. The van der Waals surface area contributed by atoms with E-state index in [0.29, 0.717) is 40.8 Å². The first-order chi connectivity index (χ1) is 15.3. The number of hydrogen-bond donors (Lipinski definition) is 3. The van der Waals surface area contributed by atoms with Crippen LogP contribution < -0.4 is 9.47 Å². The van der Waals surface area contributed by atoms with Gasteiger partial charge in [0, 0.05) is 16.7 Å². The molecule has 2 aromatic rings. The van der Waals surface area contributed by atoms with Crippen molar-refractivity contribution in [3.8, 4) is 17.2 Å². The third-order valence-corrected chi connectivity index (χ3v) is 4.40. The summed E-state index contributed by atoms with van der Waals surface area (Å²) < 4.78 is 9.88. The number of carboxylic acids is 2. The Hall–Kier alpha value is -3.88. The summed E-state index contributed by atoms with van der Waals surface area (Å²) >= 11 is 0. The third-order valence-electron chi connectivity index (χ3n) is 4.40. The number of ether oxygens (including phenoxy) is 2. The topological polar surface area (TPSA) is 147 Å². The first-order valence-electron chi connectivity index (χ1n) is 9.77. The minimum Gasteiger partial charge on any atom is -0.504 e. The molecule has 0 aliphatic carbocycles. The number of aldehydes is 2. The third kappa shape index (κ3) is 9.02. The molecule has 0 heterocycles. The van der Waals surface area contributed by atoms with Crippen LogP contribution in [0.3, 0.4) is 0 Å². The molecule has 0 fully saturated rings. The molecule has 33 heavy (non-hydrogen) atoms. The Morgan fingerprint density at radius 1 is 0.879 bits per heavy atom. The number of hydrogen-bond acceptors (Lipinski definition) is 7. The normalized spacial score (nSPS) is 10.0. The second kappa shape index (κ2) is 13.5. The maximum absolute atomic E-state index is 11.1. The number of phenolic OH excluding ortho intramolecular Hbond substituents is 1. The van der Waals surface area contributed by atoms with Crippen molar-refractivity contribution in [1.82, 2.24) is 0 Å². The molecule has 0 saturated heterocycles. The van der Waals surface area contributed by atoms with Crippen molar-refractivity contribution in [2.75, 3.05) is 14.2 Å². The van der Waals surface area contributed by atoms with Crippen LogP contribution >= 0.6 is 0 Å². The summed E-state index contributed by atoms with van der Waals surface area (Å²) in [5, 5.41) is 26.2. The van der Waals surface area contributed by atoms with Gasteiger partial charge in [0.2, 0.25) is 0 Å². The second-order valence-electron chi connectivity index (χ2n) is 7.55. The van der Waals surface area contributed by atoms with Crippen molar-refractivity contribution in [1.29, 1.82) is 0 Å². The van der Waals surface area contributed by atoms with E-state index in [-0.39, 0.29) is 11.7 Å². The Bertz CT molecular complexity index is 962. The fraction of sp³-hybridized carbons (Fsp3) is 0.333. The van der Waals surface area contributed by atoms with Crippen LogP contribution in [0.1, 0.15) is 54.0 Å². The number of aliphatic carboxylic acids is 2. The molecule has 2 rings (SSSR count). The van der Waals surface area contributed by atoms with E-state index in [1.807, 2.05) is 0 Å². The number of phenols is 1. The lowest BCUT2D eigenvalue weighted by molar-refractivity contribution is -0.142. The first-order valence-corrected chi connectivity index (χ1v) is 9.77. The molecular weight excluding hydrogens is 432 g/mol. The largest absolute Gasteiger partial charge is 0.504 e. The molecule has 2 aromatic carbocycles. The minimum atomic E-state index is -1.05. The average Bonchev–Trinajstić information content (AvgIpc) is 2.79. The van der Waals surface area contributed by atoms with Crippen LogP contribution in [0.15, 0.2) is 36.4 Å². The Balaban J connectivity index is 0.000000520. The average molecular weight is 462 g/mol. The van der Waals surface area contributed by atoms with Crippen LogP contribution in [-0.4, -0.2) is 54.1 Å². The fourth-order valence-electron chi connectivity index (χ4n) is 2.18. The lowest BCUT2D eigenvalue weighted by Gasteiger charge is -2.22. The quantitative estimate of drug-likeness (QED) is 0.522. The van der Waals surface area contributed by atoms with Gasteiger partial charge in [0.05, 0.1) is 25.6 Å². The van der Waals surface area contributed by atoms with E-state index in [1.165, 1.54) is 38.5 Å². The Kier molecular flexibility index (Phi) is 11.9. The van der Waals surface area contributed by atoms with Gasteiger partial charge in [-0.3, -0.25) is 19.2 Å². The van der Waals surface area contributed by atoms with E-state index in [1.54, 1.807) is 39.8 Å². The summed E-state index contributed by atoms with van der Waals surface area (Å²) in [5.41, 5.74) is 0.446. The Morgan fingerprint density at radius 3 is 1.67 bits per heavy atom. The first kappa shape index (κ1) is 29.1. The van der Waals surface area contributed by atoms with Gasteiger partial charge in [-0.2, -0.15) is 0 Å². The van der Waals surface area contributed by atoms with E-state index in [9.17, 15) is 19.2 Å². The van der Waals surface area contributed by atoms with Gasteiger partial charge < -0.3 is 24.8 Å². The second-order valence-corrected chi connectivity index (χ2v) is 7.55. The number of carboxylic acid groups (broad SMARTS) is 2. The van der Waals surface area contributed by atoms with Gasteiger partial charge in [-0.15, -0.1) is 0 Å². The summed E-state index contributed by atoms with van der Waals surface area (Å²) in [6, 6.07) is 9.13. The SMILES string of the molecule is CC(C)C(=O)O.COc1cc(C=O)ccc1C(C)(C)C(=O)O.COc1cc(C=O)ccc1O. The number of carbonyl (C=O) groups excluding carboxylic acids is 2. The molecule has 0 spiro atoms. The van der Waals surface area contributed by atoms with Crippen LogP contribution in [0.5, 0.6) is 17.2 Å². The van der Waals surface area contributed by atoms with E-state index < -0.39 is 17.4 Å². The molecule has 180 valence electrons. The van der Waals surface area contributed by atoms with Gasteiger partial charge in [0.15, 0.2) is 11.5 Å². The van der Waals surface area contributed by atoms with Crippen LogP contribution in [0.25, 0.3) is 0 Å². The monoisotopic (exact) mass is 462 g/mol. The molecule has 9 nitrogen and oxygen atoms in total. The maximum atomic E-state index is 11.1. The zero-order valence-corrected chi connectivity index (χ0v) is 19.5. The molecule has 9 heteroatoms. The lowest BCUT2D eigenvalue weighted by Crippen LogP contribution is -2.29. The molecule has 0 aliphatic heterocycles.